The summed E-state index contributed by atoms with van der Waals surface area (Å²) in [5, 5.41) is 9.68. The molecular formula is C10H13Cl2N3O2. The minimum absolute atomic E-state index is 0. The number of nitrogens with one attached hydrogen (secondary N) is 1. The Hall–Kier alpha value is -1.30. The van der Waals surface area contributed by atoms with Crippen LogP contribution < -0.4 is 5.73 Å². The second-order valence-corrected chi connectivity index (χ2v) is 3.38. The van der Waals surface area contributed by atoms with E-state index in [0.717, 1.165) is 16.5 Å². The second-order valence-electron chi connectivity index (χ2n) is 3.38. The molecular weight excluding hydrogens is 265 g/mol. The number of carboxylic acids is 1. The van der Waals surface area contributed by atoms with Crippen LogP contribution in [0.3, 0.4) is 0 Å². The Bertz CT molecular complexity index is 501. The molecule has 0 aliphatic rings. The van der Waals surface area contributed by atoms with Crippen LogP contribution >= 0.6 is 24.8 Å². The number of fused-ring (bicyclic) bond motifs is 1. The molecule has 0 aliphatic heterocycles. The molecule has 1 atom stereocenters. The third-order valence-electron chi connectivity index (χ3n) is 2.33. The zero-order valence-corrected chi connectivity index (χ0v) is 10.4. The van der Waals surface area contributed by atoms with Crippen molar-refractivity contribution in [1.29, 1.82) is 0 Å². The van der Waals surface area contributed by atoms with Gasteiger partial charge in [0.2, 0.25) is 0 Å². The van der Waals surface area contributed by atoms with Crippen LogP contribution in [0.15, 0.2) is 24.7 Å². The van der Waals surface area contributed by atoms with Crippen molar-refractivity contribution in [2.45, 2.75) is 12.5 Å². The highest BCUT2D eigenvalue weighted by Crippen LogP contribution is 2.17. The molecule has 2 heterocycles. The normalized spacial score (nSPS) is 11.4. The topological polar surface area (TPSA) is 92.0 Å². The molecule has 0 aromatic carbocycles. The highest BCUT2D eigenvalue weighted by Gasteiger charge is 2.14. The summed E-state index contributed by atoms with van der Waals surface area (Å²) >= 11 is 0. The highest BCUT2D eigenvalue weighted by atomic mass is 35.5. The lowest BCUT2D eigenvalue weighted by Crippen LogP contribution is -2.32. The first-order valence-electron chi connectivity index (χ1n) is 4.57. The maximum Gasteiger partial charge on any atom is 0.320 e. The Morgan fingerprint density at radius 1 is 1.53 bits per heavy atom. The van der Waals surface area contributed by atoms with Gasteiger partial charge in [0.05, 0.1) is 11.7 Å². The Morgan fingerprint density at radius 2 is 2.24 bits per heavy atom. The summed E-state index contributed by atoms with van der Waals surface area (Å²) in [5.74, 6) is -0.988. The Morgan fingerprint density at radius 3 is 2.88 bits per heavy atom. The maximum atomic E-state index is 10.6. The number of rotatable bonds is 3. The molecule has 0 fully saturated rings. The molecule has 0 saturated carbocycles. The number of aliphatic carboxylic acids is 1. The maximum absolute atomic E-state index is 10.6. The minimum Gasteiger partial charge on any atom is -0.480 e. The number of aromatic nitrogens is 2. The van der Waals surface area contributed by atoms with Gasteiger partial charge in [-0.1, -0.05) is 0 Å². The summed E-state index contributed by atoms with van der Waals surface area (Å²) < 4.78 is 0. The zero-order valence-electron chi connectivity index (χ0n) is 8.79. The standard InChI is InChI=1S/C10H11N3O2.2ClH/c11-8(10(14)15)3-6-4-13-9-5-12-2-1-7(6)9;;/h1-2,4-5,8,13H,3,11H2,(H,14,15);2*1H. The number of H-pyrrole nitrogens is 1. The Labute approximate surface area is 110 Å². The summed E-state index contributed by atoms with van der Waals surface area (Å²) in [5.41, 5.74) is 7.27. The van der Waals surface area contributed by atoms with E-state index >= 15 is 0 Å². The molecule has 0 bridgehead atoms. The fourth-order valence-corrected chi connectivity index (χ4v) is 1.53. The SMILES string of the molecule is Cl.Cl.NC(Cc1c[nH]c2cnccc12)C(=O)O. The van der Waals surface area contributed by atoms with Crippen molar-refractivity contribution >= 4 is 41.7 Å². The van der Waals surface area contributed by atoms with Gasteiger partial charge in [-0.05, 0) is 11.6 Å². The molecule has 1 unspecified atom stereocenters. The van der Waals surface area contributed by atoms with Crippen LogP contribution in [0.2, 0.25) is 0 Å². The monoisotopic (exact) mass is 277 g/mol. The molecule has 2 rings (SSSR count). The van der Waals surface area contributed by atoms with Crippen molar-refractivity contribution < 1.29 is 9.90 Å². The lowest BCUT2D eigenvalue weighted by Gasteiger charge is -2.04. The van der Waals surface area contributed by atoms with Crippen molar-refractivity contribution in [2.75, 3.05) is 0 Å². The number of hydrogen-bond donors (Lipinski definition) is 3. The fraction of sp³-hybridized carbons (Fsp3) is 0.200. The smallest absolute Gasteiger partial charge is 0.320 e. The minimum atomic E-state index is -0.988. The third-order valence-corrected chi connectivity index (χ3v) is 2.33. The first-order chi connectivity index (χ1) is 7.18. The third kappa shape index (κ3) is 3.33. The number of nitrogens with two attached hydrogens (primary N) is 1. The van der Waals surface area contributed by atoms with Crippen molar-refractivity contribution in [3.8, 4) is 0 Å². The molecule has 0 spiro atoms. The number of hydrogen-bond acceptors (Lipinski definition) is 3. The summed E-state index contributed by atoms with van der Waals surface area (Å²) in [7, 11) is 0. The van der Waals surface area contributed by atoms with Crippen molar-refractivity contribution in [1.82, 2.24) is 9.97 Å². The number of aromatic amines is 1. The lowest BCUT2D eigenvalue weighted by molar-refractivity contribution is -0.138. The van der Waals surface area contributed by atoms with Crippen molar-refractivity contribution in [2.24, 2.45) is 5.73 Å². The van der Waals surface area contributed by atoms with E-state index in [0.29, 0.717) is 6.42 Å². The quantitative estimate of drug-likeness (QED) is 0.790. The van der Waals surface area contributed by atoms with E-state index in [2.05, 4.69) is 9.97 Å². The van der Waals surface area contributed by atoms with Crippen LogP contribution in [0.5, 0.6) is 0 Å². The highest BCUT2D eigenvalue weighted by molar-refractivity contribution is 5.85. The molecule has 17 heavy (non-hydrogen) atoms. The molecule has 2 aromatic heterocycles. The van der Waals surface area contributed by atoms with Gasteiger partial charge >= 0.3 is 5.97 Å². The van der Waals surface area contributed by atoms with Gasteiger partial charge < -0.3 is 15.8 Å². The fourth-order valence-electron chi connectivity index (χ4n) is 1.53. The number of carbonyl (C=O) groups is 1. The van der Waals surface area contributed by atoms with Crippen LogP contribution in [0.25, 0.3) is 10.9 Å². The van der Waals surface area contributed by atoms with Crippen LogP contribution in [-0.2, 0) is 11.2 Å². The van der Waals surface area contributed by atoms with E-state index in [4.69, 9.17) is 10.8 Å². The van der Waals surface area contributed by atoms with Crippen LogP contribution in [0.4, 0.5) is 0 Å². The molecule has 0 radical (unpaired) electrons. The molecule has 94 valence electrons. The van der Waals surface area contributed by atoms with E-state index in [9.17, 15) is 4.79 Å². The summed E-state index contributed by atoms with van der Waals surface area (Å²) in [4.78, 5) is 17.6. The lowest BCUT2D eigenvalue weighted by atomic mass is 10.1. The van der Waals surface area contributed by atoms with Crippen LogP contribution in [0, 0.1) is 0 Å². The van der Waals surface area contributed by atoms with Gasteiger partial charge in [0.25, 0.3) is 0 Å². The van der Waals surface area contributed by atoms with Gasteiger partial charge in [0, 0.05) is 24.2 Å². The number of pyridine rings is 1. The Balaban J connectivity index is 0.00000128. The molecule has 0 amide bonds. The summed E-state index contributed by atoms with van der Waals surface area (Å²) in [6.07, 6.45) is 5.46. The van der Waals surface area contributed by atoms with Crippen LogP contribution in [0.1, 0.15) is 5.56 Å². The van der Waals surface area contributed by atoms with Gasteiger partial charge in [-0.15, -0.1) is 24.8 Å². The van der Waals surface area contributed by atoms with Crippen molar-refractivity contribution in [3.05, 3.63) is 30.2 Å². The molecule has 0 saturated heterocycles. The number of halogens is 2. The first-order valence-corrected chi connectivity index (χ1v) is 4.57. The van der Waals surface area contributed by atoms with E-state index in [1.165, 1.54) is 0 Å². The zero-order chi connectivity index (χ0) is 10.8. The Kier molecular flexibility index (Phi) is 5.95. The van der Waals surface area contributed by atoms with Gasteiger partial charge in [0.1, 0.15) is 6.04 Å². The number of nitrogens with zero attached hydrogens (tertiary/aromatic N) is 1. The largest absolute Gasteiger partial charge is 0.480 e. The molecule has 0 aliphatic carbocycles. The molecule has 7 heteroatoms. The van der Waals surface area contributed by atoms with E-state index in [1.54, 1.807) is 18.6 Å². The molecule has 2 aromatic rings. The van der Waals surface area contributed by atoms with Gasteiger partial charge in [0.15, 0.2) is 0 Å². The van der Waals surface area contributed by atoms with Gasteiger partial charge in [-0.2, -0.15) is 0 Å². The van der Waals surface area contributed by atoms with E-state index in [1.807, 2.05) is 6.07 Å². The van der Waals surface area contributed by atoms with Crippen molar-refractivity contribution in [3.63, 3.8) is 0 Å². The van der Waals surface area contributed by atoms with E-state index in [-0.39, 0.29) is 24.8 Å². The van der Waals surface area contributed by atoms with Crippen LogP contribution in [-0.4, -0.2) is 27.1 Å². The predicted octanol–water partition coefficient (Wildman–Crippen LogP) is 1.36. The molecule has 4 N–H and O–H groups in total. The second kappa shape index (κ2) is 6.44. The van der Waals surface area contributed by atoms with Gasteiger partial charge in [-0.3, -0.25) is 9.78 Å². The van der Waals surface area contributed by atoms with E-state index < -0.39 is 12.0 Å². The predicted molar refractivity (Wildman–Crippen MR) is 69.9 cm³/mol. The average molecular weight is 278 g/mol. The average Bonchev–Trinajstić information content (AvgIpc) is 2.62. The number of carboxylic acid groups (broad SMARTS) is 1. The first kappa shape index (κ1) is 15.7. The van der Waals surface area contributed by atoms with Gasteiger partial charge in [-0.25, -0.2) is 0 Å². The molecule has 5 nitrogen and oxygen atoms in total. The summed E-state index contributed by atoms with van der Waals surface area (Å²) in [6, 6.07) is 0.979. The summed E-state index contributed by atoms with van der Waals surface area (Å²) in [6.45, 7) is 0.